The van der Waals surface area contributed by atoms with Crippen molar-refractivity contribution in [1.29, 1.82) is 0 Å². The second-order valence-electron chi connectivity index (χ2n) is 5.19. The Balaban J connectivity index is -0.000000336. The van der Waals surface area contributed by atoms with Crippen LogP contribution in [0.3, 0.4) is 0 Å². The molecule has 0 spiro atoms. The molecule has 0 atom stereocenters. The number of azo groups is 1. The van der Waals surface area contributed by atoms with Gasteiger partial charge in [-0.25, -0.2) is 0 Å². The van der Waals surface area contributed by atoms with E-state index in [-0.39, 0.29) is 0 Å². The van der Waals surface area contributed by atoms with E-state index in [0.717, 1.165) is 5.69 Å². The van der Waals surface area contributed by atoms with Gasteiger partial charge in [-0.05, 0) is 29.8 Å². The summed E-state index contributed by atoms with van der Waals surface area (Å²) in [6.45, 7) is 18.3. The van der Waals surface area contributed by atoms with Crippen molar-refractivity contribution in [2.45, 2.75) is 68.7 Å². The molecule has 0 saturated carbocycles. The molecule has 0 unspecified atom stereocenters. The van der Waals surface area contributed by atoms with Gasteiger partial charge in [-0.15, -0.1) is 0 Å². The van der Waals surface area contributed by atoms with Crippen molar-refractivity contribution in [3.05, 3.63) is 78.4 Å². The highest BCUT2D eigenvalue weighted by Gasteiger charge is 1.86. The van der Waals surface area contributed by atoms with E-state index in [9.17, 15) is 0 Å². The average molecular weight is 397 g/mol. The second-order valence-corrected chi connectivity index (χ2v) is 5.19. The summed E-state index contributed by atoms with van der Waals surface area (Å²) in [5, 5.41) is 10.2. The molecular weight excluding hydrogens is 352 g/mol. The molecule has 0 aliphatic heterocycles. The zero-order chi connectivity index (χ0) is 22.9. The fourth-order valence-electron chi connectivity index (χ4n) is 1.86. The Hall–Kier alpha value is -2.48. The molecular formula is C27H44N2. The molecule has 0 aliphatic carbocycles. The first-order valence-electron chi connectivity index (χ1n) is 11.0. The number of hydrogen-bond acceptors (Lipinski definition) is 2. The summed E-state index contributed by atoms with van der Waals surface area (Å²) < 4.78 is 0. The first-order valence-corrected chi connectivity index (χ1v) is 11.0. The fraction of sp³-hybridized carbons (Fsp3) is 0.407. The van der Waals surface area contributed by atoms with Gasteiger partial charge in [0.05, 0.1) is 5.69 Å². The van der Waals surface area contributed by atoms with Crippen LogP contribution in [0.25, 0.3) is 10.8 Å². The van der Waals surface area contributed by atoms with Crippen LogP contribution >= 0.6 is 0 Å². The lowest BCUT2D eigenvalue weighted by Crippen LogP contribution is -1.67. The molecule has 162 valence electrons. The van der Waals surface area contributed by atoms with Gasteiger partial charge in [-0.2, -0.15) is 10.2 Å². The van der Waals surface area contributed by atoms with Crippen molar-refractivity contribution < 1.29 is 0 Å². The summed E-state index contributed by atoms with van der Waals surface area (Å²) >= 11 is 0. The van der Waals surface area contributed by atoms with Crippen LogP contribution in [0.2, 0.25) is 0 Å². The Morgan fingerprint density at radius 1 is 0.586 bits per heavy atom. The van der Waals surface area contributed by atoms with E-state index in [0.29, 0.717) is 0 Å². The minimum atomic E-state index is 0.910. The van der Waals surface area contributed by atoms with Gasteiger partial charge in [0.25, 0.3) is 0 Å². The highest BCUT2D eigenvalue weighted by Crippen LogP contribution is 2.12. The van der Waals surface area contributed by atoms with Gasteiger partial charge in [-0.3, -0.25) is 0 Å². The van der Waals surface area contributed by atoms with Crippen LogP contribution < -0.4 is 0 Å². The maximum atomic E-state index is 3.87. The van der Waals surface area contributed by atoms with Crippen molar-refractivity contribution in [2.24, 2.45) is 10.2 Å². The van der Waals surface area contributed by atoms with E-state index < -0.39 is 0 Å². The van der Waals surface area contributed by atoms with Gasteiger partial charge in [-0.1, -0.05) is 128 Å². The molecule has 2 heteroatoms. The molecule has 0 aliphatic rings. The van der Waals surface area contributed by atoms with E-state index in [1.54, 1.807) is 7.05 Å². The Bertz CT molecular complexity index is 636. The molecule has 0 radical (unpaired) electrons. The predicted molar refractivity (Wildman–Crippen MR) is 136 cm³/mol. The molecule has 29 heavy (non-hydrogen) atoms. The molecule has 3 rings (SSSR count). The van der Waals surface area contributed by atoms with Crippen molar-refractivity contribution in [1.82, 2.24) is 0 Å². The number of hydrogen-bond donors (Lipinski definition) is 0. The highest BCUT2D eigenvalue weighted by atomic mass is 15.1. The molecule has 0 amide bonds. The normalized spacial score (nSPS) is 8.34. The largest absolute Gasteiger partial charge is 0.192 e. The quantitative estimate of drug-likeness (QED) is 0.365. The number of fused-ring (bicyclic) bond motifs is 1. The van der Waals surface area contributed by atoms with Gasteiger partial charge in [0.15, 0.2) is 0 Å². The standard InChI is InChI=1S/C10H8.C8H10N2.C3H8.3C2H6/c1-2-6-10-8-4-3-7-9(10)5-1;1-7-3-5-8(6-4-7)10-9-2;1-3-2;3*1-2/h1-8H;3-6H,1-2H3;3H2,1-2H3;3*1-2H3. The van der Waals surface area contributed by atoms with Crippen LogP contribution in [-0.2, 0) is 0 Å². The van der Waals surface area contributed by atoms with Crippen molar-refractivity contribution in [3.8, 4) is 0 Å². The van der Waals surface area contributed by atoms with Crippen molar-refractivity contribution >= 4 is 16.5 Å². The topological polar surface area (TPSA) is 24.7 Å². The Morgan fingerprint density at radius 3 is 1.17 bits per heavy atom. The van der Waals surface area contributed by atoms with Crippen LogP contribution in [0.5, 0.6) is 0 Å². The lowest BCUT2D eigenvalue weighted by atomic mass is 10.1. The molecule has 0 heterocycles. The fourth-order valence-corrected chi connectivity index (χ4v) is 1.86. The predicted octanol–water partition coefficient (Wildman–Crippen LogP) is 10.0. The average Bonchev–Trinajstić information content (AvgIpc) is 2.81. The zero-order valence-electron chi connectivity index (χ0n) is 20.5. The minimum absolute atomic E-state index is 0.910. The van der Waals surface area contributed by atoms with Crippen LogP contribution in [0.4, 0.5) is 5.69 Å². The van der Waals surface area contributed by atoms with Crippen LogP contribution in [0.15, 0.2) is 83.0 Å². The maximum absolute atomic E-state index is 3.87. The molecule has 0 saturated heterocycles. The molecule has 0 aromatic heterocycles. The number of rotatable bonds is 1. The summed E-state index contributed by atoms with van der Waals surface area (Å²) in [5.41, 5.74) is 2.16. The van der Waals surface area contributed by atoms with E-state index >= 15 is 0 Å². The third kappa shape index (κ3) is 17.4. The molecule has 3 aromatic carbocycles. The summed E-state index contributed by atoms with van der Waals surface area (Å²) in [6.07, 6.45) is 1.25. The summed E-state index contributed by atoms with van der Waals surface area (Å²) in [4.78, 5) is 0. The van der Waals surface area contributed by atoms with Gasteiger partial charge in [0, 0.05) is 7.05 Å². The molecule has 2 nitrogen and oxygen atoms in total. The van der Waals surface area contributed by atoms with Crippen LogP contribution in [0.1, 0.15) is 67.4 Å². The van der Waals surface area contributed by atoms with Crippen LogP contribution in [0, 0.1) is 6.92 Å². The number of nitrogens with zero attached hydrogens (tertiary/aromatic N) is 2. The lowest BCUT2D eigenvalue weighted by Gasteiger charge is -1.92. The molecule has 0 N–H and O–H groups in total. The summed E-state index contributed by atoms with van der Waals surface area (Å²) in [7, 11) is 1.67. The smallest absolute Gasteiger partial charge is 0.0852 e. The van der Waals surface area contributed by atoms with E-state index in [1.165, 1.54) is 22.8 Å². The minimum Gasteiger partial charge on any atom is -0.192 e. The van der Waals surface area contributed by atoms with E-state index in [2.05, 4.69) is 72.6 Å². The third-order valence-electron chi connectivity index (χ3n) is 2.91. The number of benzene rings is 3. The Morgan fingerprint density at radius 2 is 0.897 bits per heavy atom. The second kappa shape index (κ2) is 25.5. The Kier molecular flexibility index (Phi) is 27.5. The third-order valence-corrected chi connectivity index (χ3v) is 2.91. The van der Waals surface area contributed by atoms with Crippen molar-refractivity contribution in [3.63, 3.8) is 0 Å². The van der Waals surface area contributed by atoms with E-state index in [4.69, 9.17) is 0 Å². The lowest BCUT2D eigenvalue weighted by molar-refractivity contribution is 1.09. The molecule has 0 fully saturated rings. The SMILES string of the molecule is CC.CC.CC.CCC.CN=Nc1ccc(C)cc1.c1ccc2ccccc2c1. The van der Waals surface area contributed by atoms with Gasteiger partial charge < -0.3 is 0 Å². The monoisotopic (exact) mass is 396 g/mol. The van der Waals surface area contributed by atoms with E-state index in [1.807, 2.05) is 72.7 Å². The van der Waals surface area contributed by atoms with Crippen molar-refractivity contribution in [2.75, 3.05) is 7.05 Å². The Labute approximate surface area is 181 Å². The molecule has 0 bridgehead atoms. The first kappa shape index (κ1) is 31.2. The van der Waals surface area contributed by atoms with Crippen LogP contribution in [-0.4, -0.2) is 7.05 Å². The van der Waals surface area contributed by atoms with Gasteiger partial charge in [0.1, 0.15) is 0 Å². The van der Waals surface area contributed by atoms with Gasteiger partial charge >= 0.3 is 0 Å². The summed E-state index contributed by atoms with van der Waals surface area (Å²) in [6, 6.07) is 24.6. The highest BCUT2D eigenvalue weighted by molar-refractivity contribution is 5.81. The zero-order valence-corrected chi connectivity index (χ0v) is 20.5. The first-order chi connectivity index (χ1) is 14.2. The number of aryl methyl sites for hydroxylation is 1. The van der Waals surface area contributed by atoms with Gasteiger partial charge in [0.2, 0.25) is 0 Å². The maximum Gasteiger partial charge on any atom is 0.0852 e. The molecule has 3 aromatic rings. The summed E-state index contributed by atoms with van der Waals surface area (Å²) in [5.74, 6) is 0.